The quantitative estimate of drug-likeness (QED) is 0.836. The summed E-state index contributed by atoms with van der Waals surface area (Å²) in [5, 5.41) is 3.23. The summed E-state index contributed by atoms with van der Waals surface area (Å²) in [4.78, 5) is 18.8. The van der Waals surface area contributed by atoms with E-state index in [2.05, 4.69) is 10.3 Å². The van der Waals surface area contributed by atoms with Crippen molar-refractivity contribution in [1.29, 1.82) is 0 Å². The second-order valence-electron chi connectivity index (χ2n) is 3.60. The molecule has 0 atom stereocenters. The van der Waals surface area contributed by atoms with Gasteiger partial charge in [0, 0.05) is 43.5 Å². The third-order valence-corrected chi connectivity index (χ3v) is 3.48. The normalized spacial score (nSPS) is 15.2. The number of pyridine rings is 1. The zero-order valence-electron chi connectivity index (χ0n) is 9.46. The highest BCUT2D eigenvalue weighted by Gasteiger charge is 2.15. The Morgan fingerprint density at radius 1 is 1.35 bits per heavy atom. The van der Waals surface area contributed by atoms with Crippen molar-refractivity contribution >= 4 is 30.1 Å². The van der Waals surface area contributed by atoms with Crippen molar-refractivity contribution in [3.05, 3.63) is 24.5 Å². The van der Waals surface area contributed by atoms with E-state index in [1.165, 1.54) is 0 Å². The molecule has 2 rings (SSSR count). The van der Waals surface area contributed by atoms with Gasteiger partial charge in [0.2, 0.25) is 5.91 Å². The average molecular weight is 274 g/mol. The van der Waals surface area contributed by atoms with Crippen molar-refractivity contribution in [2.45, 2.75) is 4.90 Å². The van der Waals surface area contributed by atoms with E-state index in [0.29, 0.717) is 5.75 Å². The van der Waals surface area contributed by atoms with Gasteiger partial charge >= 0.3 is 0 Å². The molecule has 2 heterocycles. The Bertz CT molecular complexity index is 344. The molecule has 1 N–H and O–H groups in total. The number of piperazine rings is 1. The van der Waals surface area contributed by atoms with Crippen LogP contribution in [0, 0.1) is 0 Å². The standard InChI is InChI=1S/C11H15N3OS.ClH/c15-11(14-7-5-13-6-8-14)9-16-10-1-3-12-4-2-10;/h1-4,13H,5-9H2;1H. The minimum atomic E-state index is 0. The third-order valence-electron chi connectivity index (χ3n) is 2.48. The van der Waals surface area contributed by atoms with Gasteiger partial charge in [-0.2, -0.15) is 0 Å². The van der Waals surface area contributed by atoms with Gasteiger partial charge in [-0.05, 0) is 12.1 Å². The molecular weight excluding hydrogens is 258 g/mol. The number of aromatic nitrogens is 1. The SMILES string of the molecule is Cl.O=C(CSc1ccncc1)N1CCNCC1. The number of carbonyl (C=O) groups excluding carboxylic acids is 1. The van der Waals surface area contributed by atoms with E-state index in [9.17, 15) is 4.79 Å². The minimum Gasteiger partial charge on any atom is -0.339 e. The van der Waals surface area contributed by atoms with Crippen LogP contribution in [0.5, 0.6) is 0 Å². The summed E-state index contributed by atoms with van der Waals surface area (Å²) in [7, 11) is 0. The molecule has 6 heteroatoms. The minimum absolute atomic E-state index is 0. The smallest absolute Gasteiger partial charge is 0.233 e. The molecular formula is C11H16ClN3OS. The molecule has 94 valence electrons. The lowest BCUT2D eigenvalue weighted by Gasteiger charge is -2.27. The summed E-state index contributed by atoms with van der Waals surface area (Å²) < 4.78 is 0. The molecule has 1 amide bonds. The first kappa shape index (κ1) is 14.3. The van der Waals surface area contributed by atoms with Crippen molar-refractivity contribution in [3.8, 4) is 0 Å². The summed E-state index contributed by atoms with van der Waals surface area (Å²) in [6, 6.07) is 3.85. The summed E-state index contributed by atoms with van der Waals surface area (Å²) in [6.45, 7) is 3.48. The van der Waals surface area contributed by atoms with Gasteiger partial charge in [0.05, 0.1) is 5.75 Å². The lowest BCUT2D eigenvalue weighted by molar-refractivity contribution is -0.128. The van der Waals surface area contributed by atoms with E-state index < -0.39 is 0 Å². The maximum Gasteiger partial charge on any atom is 0.233 e. The molecule has 4 nitrogen and oxygen atoms in total. The van der Waals surface area contributed by atoms with E-state index in [1.54, 1.807) is 24.2 Å². The van der Waals surface area contributed by atoms with Crippen LogP contribution >= 0.6 is 24.2 Å². The summed E-state index contributed by atoms with van der Waals surface area (Å²) in [6.07, 6.45) is 3.50. The van der Waals surface area contributed by atoms with Crippen molar-refractivity contribution in [3.63, 3.8) is 0 Å². The fourth-order valence-electron chi connectivity index (χ4n) is 1.59. The largest absolute Gasteiger partial charge is 0.339 e. The first-order valence-electron chi connectivity index (χ1n) is 5.37. The van der Waals surface area contributed by atoms with E-state index in [-0.39, 0.29) is 18.3 Å². The van der Waals surface area contributed by atoms with Gasteiger partial charge in [-0.3, -0.25) is 9.78 Å². The summed E-state index contributed by atoms with van der Waals surface area (Å²) in [5.74, 6) is 0.743. The second-order valence-corrected chi connectivity index (χ2v) is 4.65. The molecule has 0 saturated carbocycles. The topological polar surface area (TPSA) is 45.2 Å². The number of carbonyl (C=O) groups is 1. The van der Waals surface area contributed by atoms with Crippen LogP contribution in [0.3, 0.4) is 0 Å². The maximum absolute atomic E-state index is 11.8. The summed E-state index contributed by atoms with van der Waals surface area (Å²) >= 11 is 1.57. The number of amides is 1. The molecule has 1 aromatic heterocycles. The highest BCUT2D eigenvalue weighted by atomic mass is 35.5. The molecule has 1 aliphatic heterocycles. The zero-order valence-corrected chi connectivity index (χ0v) is 11.1. The van der Waals surface area contributed by atoms with Gasteiger partial charge in [-0.15, -0.1) is 24.2 Å². The number of thioether (sulfide) groups is 1. The van der Waals surface area contributed by atoms with Crippen LogP contribution in [-0.2, 0) is 4.79 Å². The van der Waals surface area contributed by atoms with Gasteiger partial charge in [-0.25, -0.2) is 0 Å². The summed E-state index contributed by atoms with van der Waals surface area (Å²) in [5.41, 5.74) is 0. The highest BCUT2D eigenvalue weighted by Crippen LogP contribution is 2.16. The number of nitrogens with zero attached hydrogens (tertiary/aromatic N) is 2. The average Bonchev–Trinajstić information content (AvgIpc) is 2.38. The molecule has 17 heavy (non-hydrogen) atoms. The van der Waals surface area contributed by atoms with Crippen molar-refractivity contribution in [2.75, 3.05) is 31.9 Å². The molecule has 0 radical (unpaired) electrons. The van der Waals surface area contributed by atoms with Crippen LogP contribution in [0.15, 0.2) is 29.4 Å². The molecule has 1 saturated heterocycles. The molecule has 0 aliphatic carbocycles. The molecule has 1 aliphatic rings. The molecule has 1 fully saturated rings. The fraction of sp³-hybridized carbons (Fsp3) is 0.455. The van der Waals surface area contributed by atoms with Crippen molar-refractivity contribution in [2.24, 2.45) is 0 Å². The first-order valence-corrected chi connectivity index (χ1v) is 6.36. The first-order chi connectivity index (χ1) is 7.86. The lowest BCUT2D eigenvalue weighted by atomic mass is 10.3. The van der Waals surface area contributed by atoms with E-state index in [0.717, 1.165) is 31.1 Å². The Morgan fingerprint density at radius 3 is 2.65 bits per heavy atom. The van der Waals surface area contributed by atoms with Gasteiger partial charge in [0.25, 0.3) is 0 Å². The second kappa shape index (κ2) is 7.53. The Balaban J connectivity index is 0.00000144. The number of hydrogen-bond acceptors (Lipinski definition) is 4. The van der Waals surface area contributed by atoms with Crippen molar-refractivity contribution in [1.82, 2.24) is 15.2 Å². The Labute approximate surface area is 112 Å². The maximum atomic E-state index is 11.8. The van der Waals surface area contributed by atoms with E-state index >= 15 is 0 Å². The fourth-order valence-corrected chi connectivity index (χ4v) is 2.37. The van der Waals surface area contributed by atoms with Crippen LogP contribution in [0.1, 0.15) is 0 Å². The molecule has 0 aromatic carbocycles. The third kappa shape index (κ3) is 4.53. The van der Waals surface area contributed by atoms with Crippen LogP contribution in [0.2, 0.25) is 0 Å². The predicted octanol–water partition coefficient (Wildman–Crippen LogP) is 1.03. The van der Waals surface area contributed by atoms with Gasteiger partial charge < -0.3 is 10.2 Å². The van der Waals surface area contributed by atoms with Crippen LogP contribution in [-0.4, -0.2) is 47.7 Å². The number of hydrogen-bond donors (Lipinski definition) is 1. The number of halogens is 1. The Morgan fingerprint density at radius 2 is 2.00 bits per heavy atom. The van der Waals surface area contributed by atoms with Crippen LogP contribution < -0.4 is 5.32 Å². The van der Waals surface area contributed by atoms with E-state index in [4.69, 9.17) is 0 Å². The lowest BCUT2D eigenvalue weighted by Crippen LogP contribution is -2.47. The number of nitrogens with one attached hydrogen (secondary N) is 1. The van der Waals surface area contributed by atoms with Gasteiger partial charge in [0.1, 0.15) is 0 Å². The van der Waals surface area contributed by atoms with Gasteiger partial charge in [-0.1, -0.05) is 0 Å². The van der Waals surface area contributed by atoms with E-state index in [1.807, 2.05) is 17.0 Å². The predicted molar refractivity (Wildman–Crippen MR) is 71.7 cm³/mol. The van der Waals surface area contributed by atoms with Crippen LogP contribution in [0.25, 0.3) is 0 Å². The number of rotatable bonds is 3. The van der Waals surface area contributed by atoms with Crippen LogP contribution in [0.4, 0.5) is 0 Å². The molecule has 0 bridgehead atoms. The highest BCUT2D eigenvalue weighted by molar-refractivity contribution is 8.00. The van der Waals surface area contributed by atoms with Crippen molar-refractivity contribution < 1.29 is 4.79 Å². The Kier molecular flexibility index (Phi) is 6.32. The van der Waals surface area contributed by atoms with Gasteiger partial charge in [0.15, 0.2) is 0 Å². The monoisotopic (exact) mass is 273 g/mol. The zero-order chi connectivity index (χ0) is 11.2. The molecule has 1 aromatic rings. The Hall–Kier alpha value is -0.780. The molecule has 0 spiro atoms. The molecule has 0 unspecified atom stereocenters.